The highest BCUT2D eigenvalue weighted by Crippen LogP contribution is 2.48. The Balaban J connectivity index is 2.26. The maximum atomic E-state index is 11.7. The molecule has 16 heavy (non-hydrogen) atoms. The lowest BCUT2D eigenvalue weighted by molar-refractivity contribution is -0.121. The van der Waals surface area contributed by atoms with E-state index in [1.54, 1.807) is 7.11 Å². The van der Waals surface area contributed by atoms with Crippen LogP contribution >= 0.6 is 15.9 Å². The van der Waals surface area contributed by atoms with E-state index >= 15 is 0 Å². The Kier molecular flexibility index (Phi) is 5.25. The van der Waals surface area contributed by atoms with Crippen molar-refractivity contribution in [1.82, 2.24) is 5.32 Å². The molecule has 0 spiro atoms. The lowest BCUT2D eigenvalue weighted by Crippen LogP contribution is -2.37. The maximum Gasteiger partial charge on any atom is 0.234 e. The van der Waals surface area contributed by atoms with E-state index in [2.05, 4.69) is 21.2 Å². The Hall–Kier alpha value is -0.0900. The van der Waals surface area contributed by atoms with Crippen LogP contribution in [0.4, 0.5) is 0 Å². The van der Waals surface area contributed by atoms with Crippen molar-refractivity contribution in [2.24, 2.45) is 11.3 Å². The lowest BCUT2D eigenvalue weighted by atomic mass is 10.0. The first-order valence-electron chi connectivity index (χ1n) is 5.91. The van der Waals surface area contributed by atoms with Crippen LogP contribution in [-0.4, -0.2) is 31.0 Å². The SMILES string of the molecule is COCCC1(CNC(=O)C(Br)C(C)C)CC1. The van der Waals surface area contributed by atoms with Crippen LogP contribution in [0.5, 0.6) is 0 Å². The van der Waals surface area contributed by atoms with Crippen molar-refractivity contribution >= 4 is 21.8 Å². The largest absolute Gasteiger partial charge is 0.385 e. The van der Waals surface area contributed by atoms with Crippen LogP contribution in [0, 0.1) is 11.3 Å². The molecule has 1 fully saturated rings. The molecule has 1 atom stereocenters. The molecule has 94 valence electrons. The zero-order valence-corrected chi connectivity index (χ0v) is 12.0. The molecular formula is C12H22BrNO2. The van der Waals surface area contributed by atoms with Crippen molar-refractivity contribution in [2.75, 3.05) is 20.3 Å². The minimum absolute atomic E-state index is 0.0780. The number of carbonyl (C=O) groups is 1. The zero-order valence-electron chi connectivity index (χ0n) is 10.4. The quantitative estimate of drug-likeness (QED) is 0.731. The van der Waals surface area contributed by atoms with Gasteiger partial charge >= 0.3 is 0 Å². The molecule has 1 saturated carbocycles. The van der Waals surface area contributed by atoms with E-state index in [0.29, 0.717) is 11.3 Å². The molecule has 3 nitrogen and oxygen atoms in total. The molecule has 1 N–H and O–H groups in total. The molecule has 0 saturated heterocycles. The summed E-state index contributed by atoms with van der Waals surface area (Å²) in [7, 11) is 1.72. The van der Waals surface area contributed by atoms with Gasteiger partial charge in [0.15, 0.2) is 0 Å². The first-order valence-corrected chi connectivity index (χ1v) is 6.83. The Morgan fingerprint density at radius 3 is 2.56 bits per heavy atom. The molecule has 0 aromatic carbocycles. The zero-order chi connectivity index (χ0) is 12.2. The predicted octanol–water partition coefficient (Wildman–Crippen LogP) is 2.34. The van der Waals surface area contributed by atoms with Crippen molar-refractivity contribution in [2.45, 2.75) is 37.9 Å². The normalized spacial score (nSPS) is 19.6. The van der Waals surface area contributed by atoms with E-state index in [9.17, 15) is 4.79 Å². The van der Waals surface area contributed by atoms with Gasteiger partial charge < -0.3 is 10.1 Å². The third-order valence-electron chi connectivity index (χ3n) is 3.27. The highest BCUT2D eigenvalue weighted by Gasteiger charge is 2.42. The smallest absolute Gasteiger partial charge is 0.234 e. The summed E-state index contributed by atoms with van der Waals surface area (Å²) in [5.74, 6) is 0.438. The van der Waals surface area contributed by atoms with Crippen molar-refractivity contribution < 1.29 is 9.53 Å². The molecular weight excluding hydrogens is 270 g/mol. The van der Waals surface area contributed by atoms with Crippen molar-refractivity contribution in [3.05, 3.63) is 0 Å². The third kappa shape index (κ3) is 4.06. The molecule has 1 unspecified atom stereocenters. The van der Waals surface area contributed by atoms with Crippen LogP contribution in [-0.2, 0) is 9.53 Å². The minimum Gasteiger partial charge on any atom is -0.385 e. The first kappa shape index (κ1) is 14.0. The van der Waals surface area contributed by atoms with Gasteiger partial charge in [-0.2, -0.15) is 0 Å². The topological polar surface area (TPSA) is 38.3 Å². The Morgan fingerprint density at radius 2 is 2.12 bits per heavy atom. The van der Waals surface area contributed by atoms with Crippen molar-refractivity contribution in [3.8, 4) is 0 Å². The van der Waals surface area contributed by atoms with Crippen LogP contribution in [0.15, 0.2) is 0 Å². The Morgan fingerprint density at radius 1 is 1.50 bits per heavy atom. The number of methoxy groups -OCH3 is 1. The average Bonchev–Trinajstić information content (AvgIpc) is 3.02. The number of halogens is 1. The fraction of sp³-hybridized carbons (Fsp3) is 0.917. The second kappa shape index (κ2) is 6.01. The summed E-state index contributed by atoms with van der Waals surface area (Å²) in [6.07, 6.45) is 3.48. The summed E-state index contributed by atoms with van der Waals surface area (Å²) in [6, 6.07) is 0. The number of alkyl halides is 1. The van der Waals surface area contributed by atoms with E-state index in [4.69, 9.17) is 4.74 Å². The van der Waals surface area contributed by atoms with Crippen LogP contribution in [0.1, 0.15) is 33.1 Å². The average molecular weight is 292 g/mol. The molecule has 1 aliphatic rings. The lowest BCUT2D eigenvalue weighted by Gasteiger charge is -2.18. The number of hydrogen-bond donors (Lipinski definition) is 1. The molecule has 0 aromatic heterocycles. The van der Waals surface area contributed by atoms with E-state index in [-0.39, 0.29) is 10.7 Å². The highest BCUT2D eigenvalue weighted by atomic mass is 79.9. The van der Waals surface area contributed by atoms with E-state index in [1.165, 1.54) is 12.8 Å². The second-order valence-electron chi connectivity index (χ2n) is 5.11. The molecule has 0 radical (unpaired) electrons. The summed E-state index contributed by atoms with van der Waals surface area (Å²) in [5.41, 5.74) is 0.329. The first-order chi connectivity index (χ1) is 7.51. The molecule has 4 heteroatoms. The van der Waals surface area contributed by atoms with Crippen molar-refractivity contribution in [1.29, 1.82) is 0 Å². The number of amides is 1. The van der Waals surface area contributed by atoms with Gasteiger partial charge in [-0.3, -0.25) is 4.79 Å². The molecule has 0 heterocycles. The van der Waals surface area contributed by atoms with Gasteiger partial charge in [0.2, 0.25) is 5.91 Å². The monoisotopic (exact) mass is 291 g/mol. The maximum absolute atomic E-state index is 11.7. The van der Waals surface area contributed by atoms with Crippen LogP contribution < -0.4 is 5.32 Å². The van der Waals surface area contributed by atoms with Crippen LogP contribution in [0.25, 0.3) is 0 Å². The van der Waals surface area contributed by atoms with Gasteiger partial charge in [0.05, 0.1) is 4.83 Å². The molecule has 0 aliphatic heterocycles. The predicted molar refractivity (Wildman–Crippen MR) is 68.7 cm³/mol. The molecule has 1 aliphatic carbocycles. The van der Waals surface area contributed by atoms with E-state index in [1.807, 2.05) is 13.8 Å². The Labute approximate surface area is 106 Å². The second-order valence-corrected chi connectivity index (χ2v) is 6.09. The van der Waals surface area contributed by atoms with E-state index < -0.39 is 0 Å². The van der Waals surface area contributed by atoms with Gasteiger partial charge in [-0.05, 0) is 30.6 Å². The molecule has 0 aromatic rings. The summed E-state index contributed by atoms with van der Waals surface area (Å²) >= 11 is 3.41. The van der Waals surface area contributed by atoms with Crippen LogP contribution in [0.3, 0.4) is 0 Å². The van der Waals surface area contributed by atoms with Crippen LogP contribution in [0.2, 0.25) is 0 Å². The number of hydrogen-bond acceptors (Lipinski definition) is 2. The van der Waals surface area contributed by atoms with Gasteiger partial charge in [0, 0.05) is 20.3 Å². The van der Waals surface area contributed by atoms with Gasteiger partial charge in [-0.25, -0.2) is 0 Å². The fourth-order valence-electron chi connectivity index (χ4n) is 1.69. The van der Waals surface area contributed by atoms with E-state index in [0.717, 1.165) is 19.6 Å². The molecule has 1 amide bonds. The van der Waals surface area contributed by atoms with Gasteiger partial charge in [-0.1, -0.05) is 29.8 Å². The van der Waals surface area contributed by atoms with Gasteiger partial charge in [0.25, 0.3) is 0 Å². The summed E-state index contributed by atoms with van der Waals surface area (Å²) in [4.78, 5) is 11.7. The Bertz CT molecular complexity index is 239. The summed E-state index contributed by atoms with van der Waals surface area (Å²) in [5, 5.41) is 3.03. The minimum atomic E-state index is -0.0780. The van der Waals surface area contributed by atoms with Crippen molar-refractivity contribution in [3.63, 3.8) is 0 Å². The summed E-state index contributed by atoms with van der Waals surface area (Å²) in [6.45, 7) is 5.66. The number of rotatable bonds is 7. The van der Waals surface area contributed by atoms with Gasteiger partial charge in [-0.15, -0.1) is 0 Å². The summed E-state index contributed by atoms with van der Waals surface area (Å²) < 4.78 is 5.09. The number of nitrogens with one attached hydrogen (secondary N) is 1. The van der Waals surface area contributed by atoms with Gasteiger partial charge in [0.1, 0.15) is 0 Å². The molecule has 1 rings (SSSR count). The fourth-order valence-corrected chi connectivity index (χ4v) is 1.85. The third-order valence-corrected chi connectivity index (χ3v) is 4.74. The highest BCUT2D eigenvalue weighted by molar-refractivity contribution is 9.10. The number of ether oxygens (including phenoxy) is 1. The number of carbonyl (C=O) groups excluding carboxylic acids is 1. The molecule has 0 bridgehead atoms. The standard InChI is InChI=1S/C12H22BrNO2/c1-9(2)10(13)11(15)14-8-12(4-5-12)6-7-16-3/h9-10H,4-8H2,1-3H3,(H,14,15).